The highest BCUT2D eigenvalue weighted by Crippen LogP contribution is 2.27. The second kappa shape index (κ2) is 8.29. The van der Waals surface area contributed by atoms with Crippen LogP contribution in [0.5, 0.6) is 0 Å². The molecule has 8 heteroatoms. The summed E-state index contributed by atoms with van der Waals surface area (Å²) in [5, 5.41) is 12.5. The third-order valence-electron chi connectivity index (χ3n) is 5.15. The normalized spacial score (nSPS) is 27.3. The maximum Gasteiger partial charge on any atom is 0.233 e. The number of carbonyl (C=O) groups is 1. The minimum absolute atomic E-state index is 0.159. The number of amides is 1. The van der Waals surface area contributed by atoms with Crippen LogP contribution in [-0.4, -0.2) is 62.6 Å². The summed E-state index contributed by atoms with van der Waals surface area (Å²) in [6.07, 6.45) is 7.00. The molecule has 0 bridgehead atoms. The van der Waals surface area contributed by atoms with Gasteiger partial charge in [-0.15, -0.1) is 5.10 Å². The Hall–Kier alpha value is -1.15. The van der Waals surface area contributed by atoms with Gasteiger partial charge in [0.25, 0.3) is 0 Å². The molecule has 0 radical (unpaired) electrons. The van der Waals surface area contributed by atoms with E-state index < -0.39 is 0 Å². The van der Waals surface area contributed by atoms with E-state index in [2.05, 4.69) is 22.4 Å². The van der Waals surface area contributed by atoms with Gasteiger partial charge in [0.2, 0.25) is 11.1 Å². The molecule has 134 valence electrons. The van der Waals surface area contributed by atoms with Crippen molar-refractivity contribution in [1.82, 2.24) is 25.1 Å². The molecule has 0 N–H and O–H groups in total. The monoisotopic (exact) mass is 353 g/mol. The molecule has 1 atom stereocenters. The minimum Gasteiger partial charge on any atom is -0.376 e. The first kappa shape index (κ1) is 17.7. The molecule has 1 aliphatic carbocycles. The van der Waals surface area contributed by atoms with Crippen molar-refractivity contribution in [2.75, 3.05) is 19.4 Å². The van der Waals surface area contributed by atoms with Crippen molar-refractivity contribution in [3.05, 3.63) is 0 Å². The lowest BCUT2D eigenvalue weighted by Gasteiger charge is -2.33. The Morgan fingerprint density at radius 2 is 2.12 bits per heavy atom. The molecule has 24 heavy (non-hydrogen) atoms. The summed E-state index contributed by atoms with van der Waals surface area (Å²) in [6.45, 7) is 3.78. The Morgan fingerprint density at radius 1 is 1.33 bits per heavy atom. The summed E-state index contributed by atoms with van der Waals surface area (Å²) in [7, 11) is 1.93. The van der Waals surface area contributed by atoms with E-state index in [0.29, 0.717) is 23.5 Å². The summed E-state index contributed by atoms with van der Waals surface area (Å²) >= 11 is 1.42. The number of tetrazole rings is 1. The summed E-state index contributed by atoms with van der Waals surface area (Å²) < 4.78 is 7.39. The maximum atomic E-state index is 12.5. The van der Waals surface area contributed by atoms with E-state index in [4.69, 9.17) is 4.74 Å². The molecule has 1 unspecified atom stereocenters. The number of hydrogen-bond acceptors (Lipinski definition) is 6. The molecule has 0 spiro atoms. The van der Waals surface area contributed by atoms with Crippen molar-refractivity contribution in [2.45, 2.75) is 69.3 Å². The molecule has 2 fully saturated rings. The summed E-state index contributed by atoms with van der Waals surface area (Å²) in [5.74, 6) is 1.34. The summed E-state index contributed by atoms with van der Waals surface area (Å²) in [6, 6.07) is 0.386. The van der Waals surface area contributed by atoms with Gasteiger partial charge in [-0.1, -0.05) is 18.7 Å². The van der Waals surface area contributed by atoms with Gasteiger partial charge in [0.05, 0.1) is 18.4 Å². The highest BCUT2D eigenvalue weighted by atomic mass is 32.2. The highest BCUT2D eigenvalue weighted by molar-refractivity contribution is 7.99. The van der Waals surface area contributed by atoms with E-state index in [-0.39, 0.29) is 12.0 Å². The molecule has 1 aromatic rings. The Balaban J connectivity index is 1.48. The number of ether oxygens (including phenoxy) is 1. The molecule has 1 aliphatic heterocycles. The fraction of sp³-hybridized carbons (Fsp3) is 0.875. The van der Waals surface area contributed by atoms with Gasteiger partial charge in [-0.25, -0.2) is 4.68 Å². The van der Waals surface area contributed by atoms with Crippen molar-refractivity contribution in [3.8, 4) is 0 Å². The highest BCUT2D eigenvalue weighted by Gasteiger charge is 2.25. The molecule has 7 nitrogen and oxygen atoms in total. The average Bonchev–Trinajstić information content (AvgIpc) is 3.25. The second-order valence-electron chi connectivity index (χ2n) is 6.99. The number of hydrogen-bond donors (Lipinski definition) is 0. The molecule has 1 saturated heterocycles. The molecular weight excluding hydrogens is 326 g/mol. The molecule has 1 saturated carbocycles. The Kier molecular flexibility index (Phi) is 6.10. The molecule has 2 heterocycles. The Morgan fingerprint density at radius 3 is 2.83 bits per heavy atom. The van der Waals surface area contributed by atoms with Gasteiger partial charge in [0.1, 0.15) is 0 Å². The number of nitrogens with zero attached hydrogens (tertiary/aromatic N) is 5. The first-order chi connectivity index (χ1) is 11.6. The van der Waals surface area contributed by atoms with Crippen molar-refractivity contribution in [1.29, 1.82) is 0 Å². The van der Waals surface area contributed by atoms with Gasteiger partial charge in [0.15, 0.2) is 0 Å². The SMILES string of the molecule is CC1CCC(N(C)C(=O)CSc2nnnn2CC2CCCO2)CC1. The molecule has 0 aromatic carbocycles. The first-order valence-corrected chi connectivity index (χ1v) is 9.88. The van der Waals surface area contributed by atoms with E-state index in [1.165, 1.54) is 24.6 Å². The topological polar surface area (TPSA) is 73.1 Å². The van der Waals surface area contributed by atoms with Crippen LogP contribution >= 0.6 is 11.8 Å². The van der Waals surface area contributed by atoms with Crippen molar-refractivity contribution in [3.63, 3.8) is 0 Å². The number of carbonyl (C=O) groups excluding carboxylic acids is 1. The van der Waals surface area contributed by atoms with Crippen LogP contribution < -0.4 is 0 Å². The van der Waals surface area contributed by atoms with Gasteiger partial charge in [0, 0.05) is 19.7 Å². The van der Waals surface area contributed by atoms with Gasteiger partial charge < -0.3 is 9.64 Å². The molecule has 3 rings (SSSR count). The van der Waals surface area contributed by atoms with Gasteiger partial charge in [-0.05, 0) is 54.9 Å². The van der Waals surface area contributed by atoms with Gasteiger partial charge >= 0.3 is 0 Å². The van der Waals surface area contributed by atoms with Crippen LogP contribution in [0.2, 0.25) is 0 Å². The molecule has 1 amide bonds. The first-order valence-electron chi connectivity index (χ1n) is 8.89. The van der Waals surface area contributed by atoms with Crippen LogP contribution in [0.1, 0.15) is 45.4 Å². The largest absolute Gasteiger partial charge is 0.376 e. The van der Waals surface area contributed by atoms with E-state index in [1.807, 2.05) is 11.9 Å². The smallest absolute Gasteiger partial charge is 0.233 e. The van der Waals surface area contributed by atoms with Crippen LogP contribution in [0.4, 0.5) is 0 Å². The van der Waals surface area contributed by atoms with E-state index in [0.717, 1.165) is 38.2 Å². The van der Waals surface area contributed by atoms with Crippen LogP contribution in [0.15, 0.2) is 5.16 Å². The molecule has 1 aromatic heterocycles. The van der Waals surface area contributed by atoms with Gasteiger partial charge in [-0.2, -0.15) is 0 Å². The number of thioether (sulfide) groups is 1. The lowest BCUT2D eigenvalue weighted by atomic mass is 9.87. The van der Waals surface area contributed by atoms with E-state index in [1.54, 1.807) is 4.68 Å². The fourth-order valence-corrected chi connectivity index (χ4v) is 4.27. The van der Waals surface area contributed by atoms with E-state index in [9.17, 15) is 4.79 Å². The van der Waals surface area contributed by atoms with Gasteiger partial charge in [-0.3, -0.25) is 4.79 Å². The predicted octanol–water partition coefficient (Wildman–Crippen LogP) is 1.98. The zero-order valence-corrected chi connectivity index (χ0v) is 15.4. The standard InChI is InChI=1S/C16H27N5O2S/c1-12-5-7-13(8-6-12)20(2)15(22)11-24-16-17-18-19-21(16)10-14-4-3-9-23-14/h12-14H,3-11H2,1-2H3. The minimum atomic E-state index is 0.159. The van der Waals surface area contributed by atoms with Crippen molar-refractivity contribution >= 4 is 17.7 Å². The summed E-state index contributed by atoms with van der Waals surface area (Å²) in [5.41, 5.74) is 0. The third-order valence-corrected chi connectivity index (χ3v) is 6.09. The molecule has 2 aliphatic rings. The zero-order chi connectivity index (χ0) is 16.9. The Bertz CT molecular complexity index is 538. The fourth-order valence-electron chi connectivity index (χ4n) is 3.46. The second-order valence-corrected chi connectivity index (χ2v) is 7.93. The van der Waals surface area contributed by atoms with Crippen LogP contribution in [0.3, 0.4) is 0 Å². The lowest BCUT2D eigenvalue weighted by Crippen LogP contribution is -2.40. The van der Waals surface area contributed by atoms with Crippen LogP contribution in [0, 0.1) is 5.92 Å². The van der Waals surface area contributed by atoms with Crippen molar-refractivity contribution in [2.24, 2.45) is 5.92 Å². The number of rotatable bonds is 6. The van der Waals surface area contributed by atoms with Crippen molar-refractivity contribution < 1.29 is 9.53 Å². The quantitative estimate of drug-likeness (QED) is 0.728. The maximum absolute atomic E-state index is 12.5. The van der Waals surface area contributed by atoms with E-state index >= 15 is 0 Å². The zero-order valence-electron chi connectivity index (χ0n) is 14.6. The third kappa shape index (κ3) is 4.47. The average molecular weight is 353 g/mol. The molecular formula is C16H27N5O2S. The predicted molar refractivity (Wildman–Crippen MR) is 91.7 cm³/mol. The Labute approximate surface area is 147 Å². The number of aromatic nitrogens is 4. The lowest BCUT2D eigenvalue weighted by molar-refractivity contribution is -0.129. The van der Waals surface area contributed by atoms with Crippen LogP contribution in [0.25, 0.3) is 0 Å². The van der Waals surface area contributed by atoms with Crippen LogP contribution in [-0.2, 0) is 16.1 Å². The summed E-state index contributed by atoms with van der Waals surface area (Å²) in [4.78, 5) is 14.4.